The lowest BCUT2D eigenvalue weighted by molar-refractivity contribution is -0.132. The lowest BCUT2D eigenvalue weighted by Gasteiger charge is -2.36. The molecular formula is C28H31F2N3O3. The van der Waals surface area contributed by atoms with Crippen LogP contribution in [0.3, 0.4) is 0 Å². The summed E-state index contributed by atoms with van der Waals surface area (Å²) in [5.41, 5.74) is 7.23. The molecule has 8 heteroatoms. The molecule has 2 aliphatic rings. The van der Waals surface area contributed by atoms with E-state index in [0.717, 1.165) is 56.0 Å². The monoisotopic (exact) mass is 495 g/mol. The summed E-state index contributed by atoms with van der Waals surface area (Å²) in [6.45, 7) is 2.89. The zero-order chi connectivity index (χ0) is 25.9. The Morgan fingerprint density at radius 3 is 2.50 bits per heavy atom. The molecule has 0 spiro atoms. The molecule has 1 aliphatic heterocycles. The summed E-state index contributed by atoms with van der Waals surface area (Å²) in [6, 6.07) is 14.5. The van der Waals surface area contributed by atoms with E-state index in [4.69, 9.17) is 5.73 Å². The number of hydrogen-bond donors (Lipinski definition) is 2. The predicted octanol–water partition coefficient (Wildman–Crippen LogP) is 5.80. The average Bonchev–Trinajstić information content (AvgIpc) is 3.51. The smallest absolute Gasteiger partial charge is 0.339 e. The molecule has 190 valence electrons. The van der Waals surface area contributed by atoms with Crippen LogP contribution in [-0.2, 0) is 4.79 Å². The maximum Gasteiger partial charge on any atom is 0.339 e. The molecule has 0 radical (unpaired) electrons. The van der Waals surface area contributed by atoms with Gasteiger partial charge >= 0.3 is 5.97 Å². The maximum absolute atomic E-state index is 13.8. The third-order valence-electron chi connectivity index (χ3n) is 6.88. The van der Waals surface area contributed by atoms with E-state index in [2.05, 4.69) is 11.9 Å². The van der Waals surface area contributed by atoms with Crippen molar-refractivity contribution in [3.63, 3.8) is 0 Å². The number of nitrogens with zero attached hydrogens (tertiary/aromatic N) is 2. The summed E-state index contributed by atoms with van der Waals surface area (Å²) in [5.74, 6) is -5.67. The molecule has 4 rings (SSSR count). The van der Waals surface area contributed by atoms with Crippen molar-refractivity contribution < 1.29 is 23.5 Å². The topological polar surface area (TPSA) is 96.0 Å². The van der Waals surface area contributed by atoms with Crippen LogP contribution in [0.2, 0.25) is 0 Å². The van der Waals surface area contributed by atoms with Crippen LogP contribution in [0.1, 0.15) is 55.8 Å². The molecule has 1 saturated heterocycles. The Hall–Kier alpha value is -3.55. The molecule has 0 bridgehead atoms. The Kier molecular flexibility index (Phi) is 7.52. The molecule has 2 unspecified atom stereocenters. The van der Waals surface area contributed by atoms with Gasteiger partial charge in [-0.3, -0.25) is 9.79 Å². The number of aliphatic carboxylic acids is 1. The van der Waals surface area contributed by atoms with E-state index >= 15 is 0 Å². The Bertz CT molecular complexity index is 1210. The molecule has 1 amide bonds. The quantitative estimate of drug-likeness (QED) is 0.357. The van der Waals surface area contributed by atoms with E-state index in [-0.39, 0.29) is 17.7 Å². The van der Waals surface area contributed by atoms with E-state index in [1.807, 2.05) is 35.2 Å². The average molecular weight is 496 g/mol. The van der Waals surface area contributed by atoms with E-state index in [1.54, 1.807) is 18.2 Å². The van der Waals surface area contributed by atoms with E-state index < -0.39 is 29.8 Å². The lowest BCUT2D eigenvalue weighted by Crippen LogP contribution is -2.43. The number of aliphatic imine (C=N–C) groups is 1. The number of halogens is 2. The van der Waals surface area contributed by atoms with Crippen LogP contribution < -0.4 is 5.73 Å². The Balaban J connectivity index is 1.64. The van der Waals surface area contributed by atoms with Gasteiger partial charge in [0.15, 0.2) is 0 Å². The number of rotatable bonds is 8. The highest BCUT2D eigenvalue weighted by molar-refractivity contribution is 6.21. The van der Waals surface area contributed by atoms with Gasteiger partial charge in [0, 0.05) is 30.8 Å². The molecule has 36 heavy (non-hydrogen) atoms. The van der Waals surface area contributed by atoms with Crippen LogP contribution in [0.15, 0.2) is 65.3 Å². The molecule has 1 aliphatic carbocycles. The second-order valence-electron chi connectivity index (χ2n) is 9.47. The van der Waals surface area contributed by atoms with Gasteiger partial charge in [-0.1, -0.05) is 37.6 Å². The highest BCUT2D eigenvalue weighted by Crippen LogP contribution is 2.51. The number of carboxylic acids is 1. The molecule has 0 aromatic heterocycles. The zero-order valence-electron chi connectivity index (χ0n) is 20.3. The minimum Gasteiger partial charge on any atom is -0.478 e. The summed E-state index contributed by atoms with van der Waals surface area (Å²) < 4.78 is 27.7. The summed E-state index contributed by atoms with van der Waals surface area (Å²) in [7, 11) is 0. The number of benzene rings is 2. The van der Waals surface area contributed by atoms with Gasteiger partial charge in [-0.05, 0) is 61.1 Å². The van der Waals surface area contributed by atoms with Gasteiger partial charge in [0.25, 0.3) is 11.8 Å². The fourth-order valence-corrected chi connectivity index (χ4v) is 4.90. The van der Waals surface area contributed by atoms with E-state index in [0.29, 0.717) is 11.3 Å². The van der Waals surface area contributed by atoms with Gasteiger partial charge in [-0.15, -0.1) is 0 Å². The van der Waals surface area contributed by atoms with Crippen LogP contribution in [0, 0.1) is 5.92 Å². The van der Waals surface area contributed by atoms with Gasteiger partial charge in [0.05, 0.1) is 22.9 Å². The number of likely N-dealkylation sites (tertiary alicyclic amines) is 1. The van der Waals surface area contributed by atoms with Gasteiger partial charge in [0.1, 0.15) is 0 Å². The number of carbonyl (C=O) groups excluding carboxylic acids is 1. The maximum atomic E-state index is 13.8. The van der Waals surface area contributed by atoms with Crippen LogP contribution in [0.5, 0.6) is 0 Å². The van der Waals surface area contributed by atoms with Crippen molar-refractivity contribution in [2.45, 2.75) is 57.4 Å². The van der Waals surface area contributed by atoms with Gasteiger partial charge < -0.3 is 15.7 Å². The summed E-state index contributed by atoms with van der Waals surface area (Å²) >= 11 is 0. The van der Waals surface area contributed by atoms with E-state index in [9.17, 15) is 23.5 Å². The fourth-order valence-electron chi connectivity index (χ4n) is 4.90. The summed E-state index contributed by atoms with van der Waals surface area (Å²) in [5, 5.41) is 9.43. The third-order valence-corrected chi connectivity index (χ3v) is 6.88. The predicted molar refractivity (Wildman–Crippen MR) is 136 cm³/mol. The fraction of sp³-hybridized carbons (Fsp3) is 0.393. The molecule has 2 aromatic rings. The van der Waals surface area contributed by atoms with Crippen LogP contribution >= 0.6 is 0 Å². The van der Waals surface area contributed by atoms with Gasteiger partial charge in [-0.2, -0.15) is 0 Å². The number of amides is 1. The minimum atomic E-state index is -3.00. The zero-order valence-corrected chi connectivity index (χ0v) is 20.3. The molecule has 6 nitrogen and oxygen atoms in total. The van der Waals surface area contributed by atoms with Crippen molar-refractivity contribution in [1.29, 1.82) is 0 Å². The second-order valence-corrected chi connectivity index (χ2v) is 9.47. The number of alkyl halides is 2. The molecular weight excluding hydrogens is 464 g/mol. The van der Waals surface area contributed by atoms with Gasteiger partial charge in [0.2, 0.25) is 0 Å². The van der Waals surface area contributed by atoms with Crippen LogP contribution in [-0.4, -0.2) is 46.1 Å². The Morgan fingerprint density at radius 1 is 1.17 bits per heavy atom. The molecule has 2 fully saturated rings. The number of carboxylic acid groups (broad SMARTS) is 1. The molecule has 3 N–H and O–H groups in total. The highest BCUT2D eigenvalue weighted by atomic mass is 19.3. The first-order valence-electron chi connectivity index (χ1n) is 12.4. The highest BCUT2D eigenvalue weighted by Gasteiger charge is 2.60. The molecule has 1 saturated carbocycles. The van der Waals surface area contributed by atoms with Gasteiger partial charge in [-0.25, -0.2) is 13.6 Å². The van der Waals surface area contributed by atoms with Crippen LogP contribution in [0.25, 0.3) is 11.1 Å². The van der Waals surface area contributed by atoms with E-state index in [1.165, 1.54) is 0 Å². The molecule has 2 aromatic carbocycles. The van der Waals surface area contributed by atoms with Crippen LogP contribution in [0.4, 0.5) is 14.5 Å². The summed E-state index contributed by atoms with van der Waals surface area (Å²) in [4.78, 5) is 31.2. The third kappa shape index (κ3) is 5.48. The molecule has 2 atom stereocenters. The normalized spacial score (nSPS) is 21.8. The number of carbonyl (C=O) groups is 2. The second kappa shape index (κ2) is 10.6. The summed E-state index contributed by atoms with van der Waals surface area (Å²) in [6.07, 6.45) is 5.53. The van der Waals surface area contributed by atoms with Crippen molar-refractivity contribution >= 4 is 23.3 Å². The van der Waals surface area contributed by atoms with Crippen molar-refractivity contribution in [3.8, 4) is 11.1 Å². The Morgan fingerprint density at radius 2 is 1.86 bits per heavy atom. The number of nitrogens with two attached hydrogens (primary N) is 1. The van der Waals surface area contributed by atoms with Crippen molar-refractivity contribution in [2.24, 2.45) is 16.6 Å². The first-order chi connectivity index (χ1) is 17.2. The first kappa shape index (κ1) is 25.5. The first-order valence-corrected chi connectivity index (χ1v) is 12.4. The number of piperidine rings is 1. The standard InChI is InChI=1S/C28H31F2N3O3/c1-2-7-22-12-3-4-13-33(22)26(34)20-10-5-8-18(14-20)19-9-6-11-21(15-19)32-25(23(17-31)27(35)36)24-16-28(24,29)30/h5-6,8-11,14-15,17,22,24H,2-4,7,12-13,16,31H2,1H3,(H,35,36). The van der Waals surface area contributed by atoms with Crippen molar-refractivity contribution in [2.75, 3.05) is 6.54 Å². The number of hydrogen-bond acceptors (Lipinski definition) is 4. The molecule has 1 heterocycles. The minimum absolute atomic E-state index is 0.0154. The SMILES string of the molecule is CCCC1CCCCN1C(=O)c1cccc(-c2cccc(N=C(C(=CN)C(=O)O)C3CC3(F)F)c2)c1. The lowest BCUT2D eigenvalue weighted by atomic mass is 9.96. The van der Waals surface area contributed by atoms with Crippen molar-refractivity contribution in [3.05, 3.63) is 65.9 Å². The Labute approximate surface area is 209 Å². The van der Waals surface area contributed by atoms with Crippen molar-refractivity contribution in [1.82, 2.24) is 4.90 Å². The largest absolute Gasteiger partial charge is 0.478 e.